The van der Waals surface area contributed by atoms with Crippen LogP contribution in [0.15, 0.2) is 28.1 Å². The summed E-state index contributed by atoms with van der Waals surface area (Å²) in [6.07, 6.45) is 0.716. The molecule has 0 amide bonds. The minimum Gasteiger partial charge on any atom is -0.271 e. The summed E-state index contributed by atoms with van der Waals surface area (Å²) in [6.45, 7) is 6.49. The summed E-state index contributed by atoms with van der Waals surface area (Å²) in [5.41, 5.74) is 4.99. The van der Waals surface area contributed by atoms with Gasteiger partial charge in [-0.3, -0.25) is 11.3 Å². The lowest BCUT2D eigenvalue weighted by Gasteiger charge is -2.17. The first-order valence-corrected chi connectivity index (χ1v) is 8.73. The van der Waals surface area contributed by atoms with Crippen molar-refractivity contribution in [2.24, 2.45) is 5.84 Å². The Labute approximate surface area is 143 Å². The number of benzene rings is 1. The normalized spacial score (nSPS) is 13.4. The average molecular weight is 389 g/mol. The van der Waals surface area contributed by atoms with E-state index in [0.29, 0.717) is 11.4 Å². The van der Waals surface area contributed by atoms with Gasteiger partial charge < -0.3 is 0 Å². The van der Waals surface area contributed by atoms with Crippen LogP contribution in [0.3, 0.4) is 0 Å². The quantitative estimate of drug-likeness (QED) is 0.594. The number of hydrogen-bond donors (Lipinski definition) is 2. The Balaban J connectivity index is 2.23. The van der Waals surface area contributed by atoms with Gasteiger partial charge in [-0.1, -0.05) is 44.5 Å². The molecule has 0 spiro atoms. The third-order valence-electron chi connectivity index (χ3n) is 3.26. The molecule has 6 heteroatoms. The van der Waals surface area contributed by atoms with E-state index in [4.69, 9.17) is 22.4 Å². The molecule has 0 radical (unpaired) electrons. The standard InChI is InChI=1S/C15H19BrClN3S/c1-15(2,3)12-8-21-13(19-12)7-11(20-18)9-5-4-6-10(16)14(9)17/h4-6,8,11,20H,7,18H2,1-3H3. The highest BCUT2D eigenvalue weighted by molar-refractivity contribution is 9.10. The Morgan fingerprint density at radius 3 is 2.71 bits per heavy atom. The molecule has 2 rings (SSSR count). The first-order valence-electron chi connectivity index (χ1n) is 6.68. The van der Waals surface area contributed by atoms with Crippen LogP contribution in [0.5, 0.6) is 0 Å². The summed E-state index contributed by atoms with van der Waals surface area (Å²) in [5.74, 6) is 5.72. The number of nitrogens with zero attached hydrogens (tertiary/aromatic N) is 1. The molecule has 3 N–H and O–H groups in total. The Kier molecular flexibility index (Phi) is 5.43. The summed E-state index contributed by atoms with van der Waals surface area (Å²) in [7, 11) is 0. The van der Waals surface area contributed by atoms with E-state index in [9.17, 15) is 0 Å². The molecular weight excluding hydrogens is 370 g/mol. The predicted octanol–water partition coefficient (Wildman–Crippen LogP) is 4.60. The van der Waals surface area contributed by atoms with Crippen molar-refractivity contribution < 1.29 is 0 Å². The van der Waals surface area contributed by atoms with E-state index in [0.717, 1.165) is 20.7 Å². The van der Waals surface area contributed by atoms with Crippen molar-refractivity contribution in [2.45, 2.75) is 38.6 Å². The molecule has 0 saturated heterocycles. The van der Waals surface area contributed by atoms with Gasteiger partial charge in [0.1, 0.15) is 0 Å². The summed E-state index contributed by atoms with van der Waals surface area (Å²) < 4.78 is 0.872. The molecular formula is C15H19BrClN3S. The van der Waals surface area contributed by atoms with E-state index in [1.54, 1.807) is 11.3 Å². The Morgan fingerprint density at radius 1 is 1.43 bits per heavy atom. The lowest BCUT2D eigenvalue weighted by Crippen LogP contribution is -2.29. The molecule has 1 heterocycles. The topological polar surface area (TPSA) is 50.9 Å². The fraction of sp³-hybridized carbons (Fsp3) is 0.400. The van der Waals surface area contributed by atoms with Crippen molar-refractivity contribution in [2.75, 3.05) is 0 Å². The zero-order chi connectivity index (χ0) is 15.6. The maximum Gasteiger partial charge on any atom is 0.0948 e. The molecule has 1 aromatic carbocycles. The van der Waals surface area contributed by atoms with Gasteiger partial charge in [0.25, 0.3) is 0 Å². The van der Waals surface area contributed by atoms with Crippen LogP contribution in [-0.2, 0) is 11.8 Å². The number of hydrogen-bond acceptors (Lipinski definition) is 4. The molecule has 0 bridgehead atoms. The third kappa shape index (κ3) is 4.05. The Bertz CT molecular complexity index is 622. The molecule has 3 nitrogen and oxygen atoms in total. The number of rotatable bonds is 4. The minimum atomic E-state index is -0.0611. The van der Waals surface area contributed by atoms with Crippen LogP contribution in [0, 0.1) is 0 Å². The van der Waals surface area contributed by atoms with Crippen LogP contribution in [0.2, 0.25) is 5.02 Å². The Hall–Kier alpha value is -0.460. The number of hydrazine groups is 1. The van der Waals surface area contributed by atoms with Gasteiger partial charge in [-0.2, -0.15) is 0 Å². The smallest absolute Gasteiger partial charge is 0.0948 e. The Morgan fingerprint density at radius 2 is 2.14 bits per heavy atom. The second kappa shape index (κ2) is 6.75. The largest absolute Gasteiger partial charge is 0.271 e. The van der Waals surface area contributed by atoms with Crippen molar-refractivity contribution in [1.82, 2.24) is 10.4 Å². The fourth-order valence-corrected chi connectivity index (χ4v) is 3.68. The molecule has 0 aliphatic rings. The number of halogens is 2. The molecule has 1 atom stereocenters. The fourth-order valence-electron chi connectivity index (χ4n) is 1.97. The van der Waals surface area contributed by atoms with Gasteiger partial charge >= 0.3 is 0 Å². The SMILES string of the molecule is CC(C)(C)c1csc(CC(NN)c2cccc(Br)c2Cl)n1. The van der Waals surface area contributed by atoms with E-state index >= 15 is 0 Å². The number of thiazole rings is 1. The van der Waals surface area contributed by atoms with E-state index < -0.39 is 0 Å². The maximum atomic E-state index is 6.35. The highest BCUT2D eigenvalue weighted by Gasteiger charge is 2.20. The van der Waals surface area contributed by atoms with Crippen LogP contribution in [0.25, 0.3) is 0 Å². The highest BCUT2D eigenvalue weighted by atomic mass is 79.9. The second-order valence-corrected chi connectivity index (χ2v) is 8.12. The van der Waals surface area contributed by atoms with E-state index in [1.807, 2.05) is 18.2 Å². The number of aromatic nitrogens is 1. The first-order chi connectivity index (χ1) is 9.82. The monoisotopic (exact) mass is 387 g/mol. The van der Waals surface area contributed by atoms with Crippen LogP contribution < -0.4 is 11.3 Å². The van der Waals surface area contributed by atoms with Crippen molar-refractivity contribution in [1.29, 1.82) is 0 Å². The molecule has 1 aromatic heterocycles. The lowest BCUT2D eigenvalue weighted by atomic mass is 9.93. The molecule has 1 unspecified atom stereocenters. The van der Waals surface area contributed by atoms with Crippen LogP contribution in [0.4, 0.5) is 0 Å². The van der Waals surface area contributed by atoms with Gasteiger partial charge in [-0.25, -0.2) is 4.98 Å². The molecule has 0 saturated carbocycles. The van der Waals surface area contributed by atoms with Gasteiger partial charge in [0.2, 0.25) is 0 Å². The summed E-state index contributed by atoms with van der Waals surface area (Å²) in [5, 5.41) is 3.86. The average Bonchev–Trinajstić information content (AvgIpc) is 2.88. The summed E-state index contributed by atoms with van der Waals surface area (Å²) in [4.78, 5) is 4.72. The number of nitrogens with two attached hydrogens (primary N) is 1. The number of nitrogens with one attached hydrogen (secondary N) is 1. The van der Waals surface area contributed by atoms with Crippen molar-refractivity contribution in [3.05, 3.63) is 49.3 Å². The van der Waals surface area contributed by atoms with Gasteiger partial charge in [0.05, 0.1) is 21.8 Å². The maximum absolute atomic E-state index is 6.35. The van der Waals surface area contributed by atoms with Crippen LogP contribution >= 0.6 is 38.9 Å². The highest BCUT2D eigenvalue weighted by Crippen LogP contribution is 2.32. The van der Waals surface area contributed by atoms with E-state index in [-0.39, 0.29) is 11.5 Å². The van der Waals surface area contributed by atoms with Gasteiger partial charge in [-0.05, 0) is 27.6 Å². The van der Waals surface area contributed by atoms with Crippen molar-refractivity contribution in [3.8, 4) is 0 Å². The van der Waals surface area contributed by atoms with Crippen LogP contribution in [-0.4, -0.2) is 4.98 Å². The summed E-state index contributed by atoms with van der Waals surface area (Å²) >= 11 is 11.5. The van der Waals surface area contributed by atoms with Gasteiger partial charge in [0, 0.05) is 21.7 Å². The molecule has 0 fully saturated rings. The third-order valence-corrected chi connectivity index (χ3v) is 5.44. The molecule has 114 valence electrons. The zero-order valence-corrected chi connectivity index (χ0v) is 15.4. The zero-order valence-electron chi connectivity index (χ0n) is 12.3. The van der Waals surface area contributed by atoms with E-state index in [2.05, 4.69) is 47.5 Å². The first kappa shape index (κ1) is 16.9. The molecule has 0 aliphatic heterocycles. The van der Waals surface area contributed by atoms with Crippen molar-refractivity contribution in [3.63, 3.8) is 0 Å². The van der Waals surface area contributed by atoms with Crippen LogP contribution in [0.1, 0.15) is 43.1 Å². The van der Waals surface area contributed by atoms with E-state index in [1.165, 1.54) is 0 Å². The molecule has 21 heavy (non-hydrogen) atoms. The van der Waals surface area contributed by atoms with Gasteiger partial charge in [0.15, 0.2) is 0 Å². The van der Waals surface area contributed by atoms with Crippen molar-refractivity contribution >= 4 is 38.9 Å². The lowest BCUT2D eigenvalue weighted by molar-refractivity contribution is 0.541. The molecule has 0 aliphatic carbocycles. The minimum absolute atomic E-state index is 0.0611. The molecule has 2 aromatic rings. The second-order valence-electron chi connectivity index (χ2n) is 5.94. The van der Waals surface area contributed by atoms with Gasteiger partial charge in [-0.15, -0.1) is 11.3 Å². The summed E-state index contributed by atoms with van der Waals surface area (Å²) in [6, 6.07) is 5.79. The predicted molar refractivity (Wildman–Crippen MR) is 93.7 cm³/mol.